The van der Waals surface area contributed by atoms with Crippen molar-refractivity contribution in [3.8, 4) is 0 Å². The highest BCUT2D eigenvalue weighted by molar-refractivity contribution is 5.97. The molecule has 2 fully saturated rings. The maximum absolute atomic E-state index is 13.2. The Balaban J connectivity index is 1.64. The Bertz CT molecular complexity index is 793. The number of hydrogen-bond acceptors (Lipinski definition) is 4. The molecule has 3 atom stereocenters. The van der Waals surface area contributed by atoms with Gasteiger partial charge in [-0.2, -0.15) is 0 Å². The monoisotopic (exact) mass is 340 g/mol. The van der Waals surface area contributed by atoms with Gasteiger partial charge in [0.2, 0.25) is 0 Å². The zero-order valence-electron chi connectivity index (χ0n) is 14.8. The largest absolute Gasteiger partial charge is 0.381 e. The number of fused-ring (bicyclic) bond motifs is 2. The van der Waals surface area contributed by atoms with Crippen molar-refractivity contribution in [3.63, 3.8) is 0 Å². The van der Waals surface area contributed by atoms with Crippen molar-refractivity contribution < 1.29 is 14.3 Å². The molecule has 1 aromatic carbocycles. The van der Waals surface area contributed by atoms with Crippen LogP contribution in [0.5, 0.6) is 0 Å². The number of carbonyl (C=O) groups is 1. The third kappa shape index (κ3) is 2.71. The summed E-state index contributed by atoms with van der Waals surface area (Å²) in [6.07, 6.45) is 5.52. The molecule has 5 nitrogen and oxygen atoms in total. The first-order valence-corrected chi connectivity index (χ1v) is 8.90. The fourth-order valence-corrected chi connectivity index (χ4v) is 4.47. The summed E-state index contributed by atoms with van der Waals surface area (Å²) in [5.41, 5.74) is 1.32. The fourth-order valence-electron chi connectivity index (χ4n) is 4.47. The number of ether oxygens (including phenoxy) is 2. The number of rotatable bonds is 3. The van der Waals surface area contributed by atoms with E-state index in [-0.39, 0.29) is 23.7 Å². The molecule has 5 heteroatoms. The van der Waals surface area contributed by atoms with E-state index in [0.29, 0.717) is 5.56 Å². The van der Waals surface area contributed by atoms with Gasteiger partial charge in [0.1, 0.15) is 0 Å². The minimum Gasteiger partial charge on any atom is -0.381 e. The summed E-state index contributed by atoms with van der Waals surface area (Å²) in [7, 11) is 3.52. The predicted octanol–water partition coefficient (Wildman–Crippen LogP) is 3.03. The van der Waals surface area contributed by atoms with E-state index in [2.05, 4.69) is 4.98 Å². The first-order valence-electron chi connectivity index (χ1n) is 8.90. The number of methoxy groups -OCH3 is 2. The molecule has 1 aliphatic heterocycles. The Morgan fingerprint density at radius 1 is 1.28 bits per heavy atom. The molecule has 2 unspecified atom stereocenters. The second kappa shape index (κ2) is 6.39. The van der Waals surface area contributed by atoms with E-state index in [9.17, 15) is 4.79 Å². The molecule has 0 N–H and O–H groups in total. The van der Waals surface area contributed by atoms with Crippen LogP contribution in [0.4, 0.5) is 0 Å². The van der Waals surface area contributed by atoms with Crippen LogP contribution in [0.2, 0.25) is 0 Å². The van der Waals surface area contributed by atoms with Gasteiger partial charge in [-0.25, -0.2) is 0 Å². The van der Waals surface area contributed by atoms with Crippen LogP contribution in [0.25, 0.3) is 10.9 Å². The highest BCUT2D eigenvalue weighted by Gasteiger charge is 2.52. The molecule has 132 valence electrons. The number of pyridine rings is 1. The molecule has 0 bridgehead atoms. The van der Waals surface area contributed by atoms with Gasteiger partial charge in [-0.05, 0) is 37.8 Å². The maximum Gasteiger partial charge on any atom is 0.255 e. The summed E-state index contributed by atoms with van der Waals surface area (Å²) >= 11 is 0. The highest BCUT2D eigenvalue weighted by Crippen LogP contribution is 2.43. The van der Waals surface area contributed by atoms with E-state index in [1.54, 1.807) is 20.4 Å². The standard InChI is InChI=1S/C20H24N2O3/c1-24-16-7-8-20(25-2)9-10-22(18(20)12-16)19(23)15-11-14-5-3-4-6-17(14)21-13-15/h3-6,11,13,16,18H,7-10,12H2,1-2H3/t16?,18?,20-/m1/s1. The maximum atomic E-state index is 13.2. The van der Waals surface area contributed by atoms with Crippen molar-refractivity contribution in [2.75, 3.05) is 20.8 Å². The molecular formula is C20H24N2O3. The number of aromatic nitrogens is 1. The lowest BCUT2D eigenvalue weighted by atomic mass is 9.79. The summed E-state index contributed by atoms with van der Waals surface area (Å²) < 4.78 is 11.5. The van der Waals surface area contributed by atoms with E-state index in [1.807, 2.05) is 35.2 Å². The van der Waals surface area contributed by atoms with E-state index < -0.39 is 0 Å². The predicted molar refractivity (Wildman–Crippen MR) is 95.6 cm³/mol. The van der Waals surface area contributed by atoms with Crippen molar-refractivity contribution in [2.45, 2.75) is 43.4 Å². The molecule has 1 aromatic heterocycles. The van der Waals surface area contributed by atoms with Crippen molar-refractivity contribution in [3.05, 3.63) is 42.1 Å². The SMILES string of the molecule is COC1CC[C@@]2(OC)CCN(C(=O)c3cnc4ccccc4c3)C2C1. The Labute approximate surface area is 147 Å². The van der Waals surface area contributed by atoms with Gasteiger partial charge >= 0.3 is 0 Å². The third-order valence-electron chi connectivity index (χ3n) is 5.97. The first kappa shape index (κ1) is 16.5. The zero-order chi connectivity index (χ0) is 17.4. The number of amides is 1. The van der Waals surface area contributed by atoms with Crippen molar-refractivity contribution in [2.24, 2.45) is 0 Å². The van der Waals surface area contributed by atoms with Gasteiger partial charge in [0.25, 0.3) is 5.91 Å². The quantitative estimate of drug-likeness (QED) is 0.862. The van der Waals surface area contributed by atoms with Crippen LogP contribution in [0.1, 0.15) is 36.0 Å². The molecule has 2 aliphatic rings. The molecule has 2 aromatic rings. The molecule has 25 heavy (non-hydrogen) atoms. The number of likely N-dealkylation sites (tertiary alicyclic amines) is 1. The van der Waals surface area contributed by atoms with Gasteiger partial charge < -0.3 is 14.4 Å². The Morgan fingerprint density at radius 2 is 2.12 bits per heavy atom. The first-order chi connectivity index (χ1) is 12.2. The number of benzene rings is 1. The average Bonchev–Trinajstić information content (AvgIpc) is 3.06. The van der Waals surface area contributed by atoms with Crippen LogP contribution in [0.3, 0.4) is 0 Å². The molecular weight excluding hydrogens is 316 g/mol. The average molecular weight is 340 g/mol. The molecule has 0 spiro atoms. The minimum absolute atomic E-state index is 0.0407. The van der Waals surface area contributed by atoms with Gasteiger partial charge in [-0.3, -0.25) is 9.78 Å². The number of carbonyl (C=O) groups excluding carboxylic acids is 1. The second-order valence-electron chi connectivity index (χ2n) is 7.08. The van der Waals surface area contributed by atoms with Crippen LogP contribution >= 0.6 is 0 Å². The van der Waals surface area contributed by atoms with Crippen LogP contribution in [-0.4, -0.2) is 54.3 Å². The summed E-state index contributed by atoms with van der Waals surface area (Å²) in [5.74, 6) is 0.0407. The summed E-state index contributed by atoms with van der Waals surface area (Å²) in [5, 5.41) is 0.990. The molecule has 1 aliphatic carbocycles. The minimum atomic E-state index is -0.227. The lowest BCUT2D eigenvalue weighted by Crippen LogP contribution is -2.53. The summed E-state index contributed by atoms with van der Waals surface area (Å²) in [4.78, 5) is 19.6. The Kier molecular flexibility index (Phi) is 4.21. The van der Waals surface area contributed by atoms with E-state index >= 15 is 0 Å². The number of hydrogen-bond donors (Lipinski definition) is 0. The third-order valence-corrected chi connectivity index (χ3v) is 5.97. The normalized spacial score (nSPS) is 29.0. The number of para-hydroxylation sites is 1. The Hall–Kier alpha value is -1.98. The zero-order valence-corrected chi connectivity index (χ0v) is 14.8. The topological polar surface area (TPSA) is 51.7 Å². The summed E-state index contributed by atoms with van der Waals surface area (Å²) in [6, 6.07) is 9.87. The second-order valence-corrected chi connectivity index (χ2v) is 7.08. The lowest BCUT2D eigenvalue weighted by Gasteiger charge is -2.43. The molecule has 1 amide bonds. The van der Waals surface area contributed by atoms with E-state index in [1.165, 1.54) is 0 Å². The fraction of sp³-hybridized carbons (Fsp3) is 0.500. The van der Waals surface area contributed by atoms with Gasteiger partial charge in [0.05, 0.1) is 28.8 Å². The van der Waals surface area contributed by atoms with E-state index in [0.717, 1.165) is 43.1 Å². The smallest absolute Gasteiger partial charge is 0.255 e. The molecule has 1 saturated carbocycles. The van der Waals surface area contributed by atoms with Crippen LogP contribution in [-0.2, 0) is 9.47 Å². The van der Waals surface area contributed by atoms with Crippen LogP contribution < -0.4 is 0 Å². The van der Waals surface area contributed by atoms with Gasteiger partial charge in [-0.15, -0.1) is 0 Å². The summed E-state index contributed by atoms with van der Waals surface area (Å²) in [6.45, 7) is 0.723. The number of nitrogens with zero attached hydrogens (tertiary/aromatic N) is 2. The lowest BCUT2D eigenvalue weighted by molar-refractivity contribution is -0.0893. The molecule has 1 saturated heterocycles. The van der Waals surface area contributed by atoms with Crippen molar-refractivity contribution in [1.29, 1.82) is 0 Å². The van der Waals surface area contributed by atoms with Crippen molar-refractivity contribution >= 4 is 16.8 Å². The molecule has 4 rings (SSSR count). The van der Waals surface area contributed by atoms with Gasteiger partial charge in [0, 0.05) is 32.3 Å². The highest BCUT2D eigenvalue weighted by atomic mass is 16.5. The molecule has 2 heterocycles. The molecule has 0 radical (unpaired) electrons. The Morgan fingerprint density at radius 3 is 2.92 bits per heavy atom. The van der Waals surface area contributed by atoms with Crippen molar-refractivity contribution in [1.82, 2.24) is 9.88 Å². The van der Waals surface area contributed by atoms with Gasteiger partial charge in [-0.1, -0.05) is 18.2 Å². The van der Waals surface area contributed by atoms with Gasteiger partial charge in [0.15, 0.2) is 0 Å². The van der Waals surface area contributed by atoms with Crippen LogP contribution in [0.15, 0.2) is 36.5 Å². The van der Waals surface area contributed by atoms with E-state index in [4.69, 9.17) is 9.47 Å². The van der Waals surface area contributed by atoms with Crippen LogP contribution in [0, 0.1) is 0 Å².